The van der Waals surface area contributed by atoms with Crippen LogP contribution in [0.25, 0.3) is 33.4 Å². The van der Waals surface area contributed by atoms with Crippen molar-refractivity contribution in [3.63, 3.8) is 0 Å². The summed E-state index contributed by atoms with van der Waals surface area (Å²) in [7, 11) is 1.82. The van der Waals surface area contributed by atoms with Gasteiger partial charge in [-0.3, -0.25) is 4.98 Å². The van der Waals surface area contributed by atoms with Gasteiger partial charge in [-0.15, -0.1) is 6.58 Å². The second kappa shape index (κ2) is 8.92. The van der Waals surface area contributed by atoms with E-state index in [-0.39, 0.29) is 5.82 Å². The van der Waals surface area contributed by atoms with Crippen molar-refractivity contribution in [2.75, 3.05) is 19.0 Å². The molecule has 0 saturated carbocycles. The third-order valence-corrected chi connectivity index (χ3v) is 4.89. The molecule has 0 atom stereocenters. The predicted octanol–water partition coefficient (Wildman–Crippen LogP) is 5.88. The maximum absolute atomic E-state index is 13.4. The molecule has 4 aromatic rings. The molecule has 0 aliphatic heterocycles. The molecule has 2 heterocycles. The summed E-state index contributed by atoms with van der Waals surface area (Å²) in [5.74, 6) is 1.60. The van der Waals surface area contributed by atoms with Gasteiger partial charge in [0.2, 0.25) is 0 Å². The summed E-state index contributed by atoms with van der Waals surface area (Å²) in [5.41, 5.74) is 4.33. The Kier molecular flexibility index (Phi) is 5.89. The van der Waals surface area contributed by atoms with E-state index in [1.54, 1.807) is 24.5 Å². The second-order valence-electron chi connectivity index (χ2n) is 7.32. The van der Waals surface area contributed by atoms with Crippen LogP contribution in [0.15, 0.2) is 73.1 Å². The van der Waals surface area contributed by atoms with Gasteiger partial charge in [-0.2, -0.15) is 0 Å². The molecule has 6 heteroatoms. The number of anilines is 1. The van der Waals surface area contributed by atoms with Crippen LogP contribution < -0.4 is 10.1 Å². The van der Waals surface area contributed by atoms with Gasteiger partial charge in [-0.1, -0.05) is 17.7 Å². The molecule has 0 spiro atoms. The second-order valence-corrected chi connectivity index (χ2v) is 7.32. The highest BCUT2D eigenvalue weighted by Crippen LogP contribution is 2.36. The fourth-order valence-electron chi connectivity index (χ4n) is 3.27. The monoisotopic (exact) mass is 414 g/mol. The highest BCUT2D eigenvalue weighted by molar-refractivity contribution is 5.97. The molecular formula is C25H23FN4O. The van der Waals surface area contributed by atoms with Gasteiger partial charge in [0.15, 0.2) is 5.82 Å². The quantitative estimate of drug-likeness (QED) is 0.382. The lowest BCUT2D eigenvalue weighted by atomic mass is 10.0. The zero-order chi connectivity index (χ0) is 21.8. The number of benzene rings is 2. The summed E-state index contributed by atoms with van der Waals surface area (Å²) in [4.78, 5) is 13.7. The van der Waals surface area contributed by atoms with Crippen molar-refractivity contribution in [1.29, 1.82) is 0 Å². The Balaban J connectivity index is 1.90. The maximum atomic E-state index is 13.4. The Morgan fingerprint density at radius 2 is 1.87 bits per heavy atom. The van der Waals surface area contributed by atoms with Crippen molar-refractivity contribution in [2.24, 2.45) is 0 Å². The fraction of sp³-hybridized carbons (Fsp3) is 0.160. The molecule has 0 aliphatic rings. The Morgan fingerprint density at radius 3 is 2.55 bits per heavy atom. The summed E-state index contributed by atoms with van der Waals surface area (Å²) in [6, 6.07) is 14.1. The summed E-state index contributed by atoms with van der Waals surface area (Å²) < 4.78 is 19.6. The molecule has 0 unspecified atom stereocenters. The molecule has 2 aromatic heterocycles. The van der Waals surface area contributed by atoms with E-state index in [4.69, 9.17) is 14.7 Å². The zero-order valence-electron chi connectivity index (χ0n) is 17.5. The van der Waals surface area contributed by atoms with Crippen molar-refractivity contribution < 1.29 is 9.13 Å². The predicted molar refractivity (Wildman–Crippen MR) is 123 cm³/mol. The number of aromatic nitrogens is 3. The van der Waals surface area contributed by atoms with Gasteiger partial charge >= 0.3 is 0 Å². The first kappa shape index (κ1) is 20.5. The Hall–Kier alpha value is -3.80. The van der Waals surface area contributed by atoms with Crippen LogP contribution in [0.2, 0.25) is 0 Å². The number of nitrogens with zero attached hydrogens (tertiary/aromatic N) is 3. The number of halogens is 1. The van der Waals surface area contributed by atoms with Gasteiger partial charge in [0.1, 0.15) is 22.9 Å². The molecule has 31 heavy (non-hydrogen) atoms. The molecule has 0 bridgehead atoms. The van der Waals surface area contributed by atoms with Crippen molar-refractivity contribution >= 4 is 16.7 Å². The fourth-order valence-corrected chi connectivity index (χ4v) is 3.27. The van der Waals surface area contributed by atoms with Crippen LogP contribution in [0.1, 0.15) is 13.3 Å². The van der Waals surface area contributed by atoms with Gasteiger partial charge < -0.3 is 10.1 Å². The van der Waals surface area contributed by atoms with E-state index >= 15 is 0 Å². The van der Waals surface area contributed by atoms with E-state index in [9.17, 15) is 4.39 Å². The first-order chi connectivity index (χ1) is 15.0. The van der Waals surface area contributed by atoms with Crippen molar-refractivity contribution in [2.45, 2.75) is 13.3 Å². The molecule has 0 fully saturated rings. The van der Waals surface area contributed by atoms with Crippen LogP contribution in [0, 0.1) is 5.82 Å². The summed E-state index contributed by atoms with van der Waals surface area (Å²) in [6.45, 7) is 6.40. The standard InChI is InChI=1S/C25H23FN4O/c1-16(2)10-12-31-22-14-19(17-6-8-20(26)9-7-17)13-21-23(22)29-24(30-25(21)27-3)18-5-4-11-28-15-18/h4-9,11,13-15H,1,10,12H2,2-3H3,(H,27,29,30). The summed E-state index contributed by atoms with van der Waals surface area (Å²) in [5, 5.41) is 3.99. The van der Waals surface area contributed by atoms with E-state index in [1.807, 2.05) is 38.2 Å². The first-order valence-corrected chi connectivity index (χ1v) is 10.0. The van der Waals surface area contributed by atoms with Crippen LogP contribution >= 0.6 is 0 Å². The van der Waals surface area contributed by atoms with E-state index in [0.717, 1.165) is 34.1 Å². The largest absolute Gasteiger partial charge is 0.491 e. The van der Waals surface area contributed by atoms with Gasteiger partial charge in [0.25, 0.3) is 0 Å². The number of ether oxygens (including phenoxy) is 1. The van der Waals surface area contributed by atoms with Gasteiger partial charge in [0, 0.05) is 36.8 Å². The summed E-state index contributed by atoms with van der Waals surface area (Å²) >= 11 is 0. The maximum Gasteiger partial charge on any atom is 0.163 e. The Labute approximate surface area is 180 Å². The SMILES string of the molecule is C=C(C)CCOc1cc(-c2ccc(F)cc2)cc2c(NC)nc(-c3cccnc3)nc12. The van der Waals surface area contributed by atoms with Crippen molar-refractivity contribution in [1.82, 2.24) is 15.0 Å². The molecule has 2 aromatic carbocycles. The van der Waals surface area contributed by atoms with E-state index < -0.39 is 0 Å². The van der Waals surface area contributed by atoms with Crippen LogP contribution in [0.3, 0.4) is 0 Å². The Bertz CT molecular complexity index is 1220. The molecule has 4 rings (SSSR count). The lowest BCUT2D eigenvalue weighted by Crippen LogP contribution is -2.03. The molecule has 5 nitrogen and oxygen atoms in total. The number of rotatable bonds is 7. The molecule has 0 amide bonds. The van der Waals surface area contributed by atoms with E-state index in [0.29, 0.717) is 29.5 Å². The number of fused-ring (bicyclic) bond motifs is 1. The number of nitrogens with one attached hydrogen (secondary N) is 1. The normalized spacial score (nSPS) is 10.8. The smallest absolute Gasteiger partial charge is 0.163 e. The van der Waals surface area contributed by atoms with Crippen LogP contribution in [-0.4, -0.2) is 28.6 Å². The minimum absolute atomic E-state index is 0.275. The van der Waals surface area contributed by atoms with Crippen molar-refractivity contribution in [3.8, 4) is 28.3 Å². The molecule has 0 aliphatic carbocycles. The average molecular weight is 414 g/mol. The third kappa shape index (κ3) is 4.53. The number of hydrogen-bond acceptors (Lipinski definition) is 5. The average Bonchev–Trinajstić information content (AvgIpc) is 2.79. The minimum atomic E-state index is -0.275. The van der Waals surface area contributed by atoms with Gasteiger partial charge in [0.05, 0.1) is 6.61 Å². The first-order valence-electron chi connectivity index (χ1n) is 10.0. The van der Waals surface area contributed by atoms with Crippen LogP contribution in [0.5, 0.6) is 5.75 Å². The van der Waals surface area contributed by atoms with Crippen molar-refractivity contribution in [3.05, 3.63) is 78.9 Å². The van der Waals surface area contributed by atoms with E-state index in [2.05, 4.69) is 16.9 Å². The van der Waals surface area contributed by atoms with E-state index in [1.165, 1.54) is 12.1 Å². The van der Waals surface area contributed by atoms with Crippen LogP contribution in [0.4, 0.5) is 10.2 Å². The molecular weight excluding hydrogens is 391 g/mol. The lowest BCUT2D eigenvalue weighted by molar-refractivity contribution is 0.325. The number of pyridine rings is 1. The highest BCUT2D eigenvalue weighted by Gasteiger charge is 2.15. The lowest BCUT2D eigenvalue weighted by Gasteiger charge is -2.15. The molecule has 156 valence electrons. The highest BCUT2D eigenvalue weighted by atomic mass is 19.1. The van der Waals surface area contributed by atoms with Crippen LogP contribution in [-0.2, 0) is 0 Å². The topological polar surface area (TPSA) is 59.9 Å². The van der Waals surface area contributed by atoms with Gasteiger partial charge in [-0.05, 0) is 54.4 Å². The minimum Gasteiger partial charge on any atom is -0.491 e. The van der Waals surface area contributed by atoms with Gasteiger partial charge in [-0.25, -0.2) is 14.4 Å². The zero-order valence-corrected chi connectivity index (χ0v) is 17.5. The molecule has 0 saturated heterocycles. The summed E-state index contributed by atoms with van der Waals surface area (Å²) in [6.07, 6.45) is 4.18. The molecule has 0 radical (unpaired) electrons. The molecule has 1 N–H and O–H groups in total. The Morgan fingerprint density at radius 1 is 1.06 bits per heavy atom. The number of hydrogen-bond donors (Lipinski definition) is 1. The third-order valence-electron chi connectivity index (χ3n) is 4.89.